The normalized spacial score (nSPS) is 11.6. The van der Waals surface area contributed by atoms with E-state index in [0.29, 0.717) is 19.6 Å². The molecule has 1 N–H and O–H groups in total. The number of rotatable bonds is 8. The molecule has 0 atom stereocenters. The fourth-order valence-corrected chi connectivity index (χ4v) is 2.55. The molecule has 17 heavy (non-hydrogen) atoms. The number of nitrogens with one attached hydrogen (secondary N) is 1. The Labute approximate surface area is 103 Å². The zero-order chi connectivity index (χ0) is 12.6. The van der Waals surface area contributed by atoms with Crippen molar-refractivity contribution in [2.45, 2.75) is 12.8 Å². The van der Waals surface area contributed by atoms with E-state index in [2.05, 4.69) is 4.72 Å². The van der Waals surface area contributed by atoms with Crippen molar-refractivity contribution < 1.29 is 13.2 Å². The third-order valence-electron chi connectivity index (χ3n) is 2.35. The van der Waals surface area contributed by atoms with Crippen LogP contribution in [0.1, 0.15) is 12.0 Å². The van der Waals surface area contributed by atoms with Gasteiger partial charge in [-0.3, -0.25) is 0 Å². The average Bonchev–Trinajstić information content (AvgIpc) is 2.30. The maximum Gasteiger partial charge on any atom is 0.211 e. The zero-order valence-corrected chi connectivity index (χ0v) is 10.9. The second-order valence-corrected chi connectivity index (χ2v) is 5.72. The van der Waals surface area contributed by atoms with E-state index in [9.17, 15) is 8.42 Å². The van der Waals surface area contributed by atoms with Crippen LogP contribution in [0.4, 0.5) is 0 Å². The van der Waals surface area contributed by atoms with Gasteiger partial charge in [0.25, 0.3) is 0 Å². The minimum atomic E-state index is -3.15. The van der Waals surface area contributed by atoms with Gasteiger partial charge in [-0.05, 0) is 18.4 Å². The molecule has 0 aliphatic heterocycles. The number of benzene rings is 1. The van der Waals surface area contributed by atoms with Gasteiger partial charge in [-0.25, -0.2) is 13.1 Å². The van der Waals surface area contributed by atoms with E-state index in [-0.39, 0.29) is 5.75 Å². The molecule has 4 nitrogen and oxygen atoms in total. The lowest BCUT2D eigenvalue weighted by atomic mass is 10.1. The molecule has 96 valence electrons. The number of hydrogen-bond acceptors (Lipinski definition) is 3. The highest BCUT2D eigenvalue weighted by Crippen LogP contribution is 2.03. The Morgan fingerprint density at radius 3 is 2.59 bits per heavy atom. The first-order chi connectivity index (χ1) is 8.14. The first-order valence-corrected chi connectivity index (χ1v) is 7.29. The maximum absolute atomic E-state index is 11.5. The predicted octanol–water partition coefficient (Wildman–Crippen LogP) is 1.18. The van der Waals surface area contributed by atoms with Gasteiger partial charge >= 0.3 is 0 Å². The Morgan fingerprint density at radius 1 is 1.24 bits per heavy atom. The lowest BCUT2D eigenvalue weighted by Gasteiger charge is -2.06. The highest BCUT2D eigenvalue weighted by atomic mass is 32.2. The summed E-state index contributed by atoms with van der Waals surface area (Å²) in [5.74, 6) is 0.158. The number of ether oxygens (including phenoxy) is 1. The molecule has 0 amide bonds. The minimum Gasteiger partial charge on any atom is -0.383 e. The topological polar surface area (TPSA) is 55.4 Å². The lowest BCUT2D eigenvalue weighted by molar-refractivity contribution is 0.204. The maximum atomic E-state index is 11.5. The average molecular weight is 257 g/mol. The molecule has 1 rings (SSSR count). The van der Waals surface area contributed by atoms with Gasteiger partial charge in [-0.1, -0.05) is 30.3 Å². The van der Waals surface area contributed by atoms with Crippen LogP contribution in [0.2, 0.25) is 0 Å². The minimum absolute atomic E-state index is 0.158. The van der Waals surface area contributed by atoms with Crippen molar-refractivity contribution in [2.75, 3.05) is 26.0 Å². The molecule has 0 saturated carbocycles. The van der Waals surface area contributed by atoms with Crippen molar-refractivity contribution in [3.8, 4) is 0 Å². The van der Waals surface area contributed by atoms with Crippen molar-refractivity contribution in [2.24, 2.45) is 0 Å². The van der Waals surface area contributed by atoms with Crippen LogP contribution in [-0.4, -0.2) is 34.4 Å². The summed E-state index contributed by atoms with van der Waals surface area (Å²) in [5.41, 5.74) is 1.17. The van der Waals surface area contributed by atoms with Crippen LogP contribution in [0.3, 0.4) is 0 Å². The van der Waals surface area contributed by atoms with Gasteiger partial charge in [0.05, 0.1) is 12.4 Å². The van der Waals surface area contributed by atoms with Crippen LogP contribution >= 0.6 is 0 Å². The second kappa shape index (κ2) is 7.42. The third-order valence-corrected chi connectivity index (χ3v) is 3.82. The summed E-state index contributed by atoms with van der Waals surface area (Å²) >= 11 is 0. The summed E-state index contributed by atoms with van der Waals surface area (Å²) < 4.78 is 30.3. The number of sulfonamides is 1. The van der Waals surface area contributed by atoms with Gasteiger partial charge in [-0.2, -0.15) is 0 Å². The molecule has 0 spiro atoms. The molecule has 1 aromatic carbocycles. The van der Waals surface area contributed by atoms with Gasteiger partial charge in [0.15, 0.2) is 0 Å². The van der Waals surface area contributed by atoms with Gasteiger partial charge in [-0.15, -0.1) is 0 Å². The smallest absolute Gasteiger partial charge is 0.211 e. The highest BCUT2D eigenvalue weighted by molar-refractivity contribution is 7.89. The summed E-state index contributed by atoms with van der Waals surface area (Å²) in [6, 6.07) is 9.88. The molecule has 0 radical (unpaired) electrons. The number of aryl methyl sites for hydroxylation is 1. The van der Waals surface area contributed by atoms with Gasteiger partial charge in [0.2, 0.25) is 10.0 Å². The largest absolute Gasteiger partial charge is 0.383 e. The monoisotopic (exact) mass is 257 g/mol. The molecule has 0 fully saturated rings. The van der Waals surface area contributed by atoms with E-state index in [1.54, 1.807) is 7.11 Å². The summed E-state index contributed by atoms with van der Waals surface area (Å²) in [4.78, 5) is 0. The van der Waals surface area contributed by atoms with Crippen LogP contribution in [-0.2, 0) is 21.2 Å². The Hall–Kier alpha value is -0.910. The van der Waals surface area contributed by atoms with E-state index in [0.717, 1.165) is 6.42 Å². The summed E-state index contributed by atoms with van der Waals surface area (Å²) in [7, 11) is -1.61. The molecule has 0 saturated heterocycles. The number of methoxy groups -OCH3 is 1. The Bertz CT molecular complexity index is 403. The first-order valence-electron chi connectivity index (χ1n) is 5.64. The van der Waals surface area contributed by atoms with Crippen molar-refractivity contribution in [1.29, 1.82) is 0 Å². The molecule has 0 aromatic heterocycles. The van der Waals surface area contributed by atoms with Gasteiger partial charge in [0, 0.05) is 13.7 Å². The number of hydrogen-bond donors (Lipinski definition) is 1. The third kappa shape index (κ3) is 6.41. The second-order valence-electron chi connectivity index (χ2n) is 3.80. The Kier molecular flexibility index (Phi) is 6.18. The highest BCUT2D eigenvalue weighted by Gasteiger charge is 2.08. The molecule has 0 aliphatic rings. The molecular formula is C12H19NO3S. The predicted molar refractivity (Wildman–Crippen MR) is 68.4 cm³/mol. The fourth-order valence-electron chi connectivity index (χ4n) is 1.48. The van der Waals surface area contributed by atoms with Crippen LogP contribution in [0, 0.1) is 0 Å². The van der Waals surface area contributed by atoms with Crippen molar-refractivity contribution >= 4 is 10.0 Å². The SMILES string of the molecule is COCCNS(=O)(=O)CCCc1ccccc1. The van der Waals surface area contributed by atoms with E-state index in [1.165, 1.54) is 5.56 Å². The molecule has 0 heterocycles. The molecule has 0 aliphatic carbocycles. The van der Waals surface area contributed by atoms with E-state index >= 15 is 0 Å². The van der Waals surface area contributed by atoms with E-state index in [4.69, 9.17) is 4.74 Å². The van der Waals surface area contributed by atoms with Crippen molar-refractivity contribution in [1.82, 2.24) is 4.72 Å². The standard InChI is InChI=1S/C12H19NO3S/c1-16-10-9-13-17(14,15)11-5-8-12-6-3-2-4-7-12/h2-4,6-7,13H,5,8-11H2,1H3. The fraction of sp³-hybridized carbons (Fsp3) is 0.500. The summed E-state index contributed by atoms with van der Waals surface area (Å²) in [5, 5.41) is 0. The molecular weight excluding hydrogens is 238 g/mol. The summed E-state index contributed by atoms with van der Waals surface area (Å²) in [6.45, 7) is 0.738. The zero-order valence-electron chi connectivity index (χ0n) is 10.1. The molecule has 5 heteroatoms. The van der Waals surface area contributed by atoms with Crippen molar-refractivity contribution in [3.63, 3.8) is 0 Å². The van der Waals surface area contributed by atoms with Gasteiger partial charge < -0.3 is 4.74 Å². The molecule has 1 aromatic rings. The van der Waals surface area contributed by atoms with Crippen LogP contribution < -0.4 is 4.72 Å². The molecule has 0 unspecified atom stereocenters. The Morgan fingerprint density at radius 2 is 1.94 bits per heavy atom. The van der Waals surface area contributed by atoms with Crippen LogP contribution in [0.15, 0.2) is 30.3 Å². The summed E-state index contributed by atoms with van der Waals surface area (Å²) in [6.07, 6.45) is 1.42. The van der Waals surface area contributed by atoms with Gasteiger partial charge in [0.1, 0.15) is 0 Å². The van der Waals surface area contributed by atoms with Crippen LogP contribution in [0.25, 0.3) is 0 Å². The first kappa shape index (κ1) is 14.2. The van der Waals surface area contributed by atoms with E-state index in [1.807, 2.05) is 30.3 Å². The Balaban J connectivity index is 2.26. The van der Waals surface area contributed by atoms with Crippen molar-refractivity contribution in [3.05, 3.63) is 35.9 Å². The van der Waals surface area contributed by atoms with Crippen LogP contribution in [0.5, 0.6) is 0 Å². The van der Waals surface area contributed by atoms with E-state index < -0.39 is 10.0 Å². The quantitative estimate of drug-likeness (QED) is 0.712. The lowest BCUT2D eigenvalue weighted by Crippen LogP contribution is -2.29. The molecule has 0 bridgehead atoms.